The number of hydrogen-bond acceptors (Lipinski definition) is 5. The topological polar surface area (TPSA) is 75.5 Å². The number of ketones is 1. The molecule has 0 saturated carbocycles. The molecule has 1 aromatic carbocycles. The van der Waals surface area contributed by atoms with E-state index in [9.17, 15) is 9.18 Å². The van der Waals surface area contributed by atoms with Crippen LogP contribution in [0.3, 0.4) is 0 Å². The second kappa shape index (κ2) is 11.3. The van der Waals surface area contributed by atoms with Gasteiger partial charge in [-0.25, -0.2) is 4.39 Å². The molecule has 6 nitrogen and oxygen atoms in total. The second-order valence-corrected chi connectivity index (χ2v) is 5.89. The molecule has 2 rings (SSSR count). The predicted octanol–water partition coefficient (Wildman–Crippen LogP) is 4.32. The van der Waals surface area contributed by atoms with E-state index in [4.69, 9.17) is 9.94 Å². The standard InChI is InChI=1S/C19H24FN3O3.C2H6/c1-5-18(25)17-11-14(13(3)22-26-9-8-24)19(23(17)4)21-16-7-6-12(2)10-15(16)20;1-2/h6-7,10-11,21-22,24H,3,5,8-9H2,1-2,4H3;1-2H3. The molecule has 3 N–H and O–H groups in total. The minimum atomic E-state index is -0.393. The van der Waals surface area contributed by atoms with Crippen molar-refractivity contribution in [2.45, 2.75) is 34.1 Å². The first-order chi connectivity index (χ1) is 13.4. The number of benzene rings is 1. The van der Waals surface area contributed by atoms with E-state index in [0.717, 1.165) is 5.56 Å². The van der Waals surface area contributed by atoms with Gasteiger partial charge in [-0.1, -0.05) is 33.4 Å². The van der Waals surface area contributed by atoms with Gasteiger partial charge in [-0.3, -0.25) is 15.1 Å². The van der Waals surface area contributed by atoms with Gasteiger partial charge < -0.3 is 15.0 Å². The first-order valence-corrected chi connectivity index (χ1v) is 9.33. The van der Waals surface area contributed by atoms with Crippen LogP contribution < -0.4 is 10.8 Å². The number of rotatable bonds is 9. The van der Waals surface area contributed by atoms with Crippen LogP contribution in [0, 0.1) is 12.7 Å². The van der Waals surface area contributed by atoms with Gasteiger partial charge >= 0.3 is 0 Å². The normalized spacial score (nSPS) is 10.1. The lowest BCUT2D eigenvalue weighted by Crippen LogP contribution is -2.15. The summed E-state index contributed by atoms with van der Waals surface area (Å²) in [7, 11) is 1.72. The number of carbonyl (C=O) groups excluding carboxylic acids is 1. The van der Waals surface area contributed by atoms with Crippen molar-refractivity contribution in [1.29, 1.82) is 0 Å². The molecule has 0 bridgehead atoms. The Morgan fingerprint density at radius 1 is 1.32 bits per heavy atom. The molecule has 0 saturated heterocycles. The average Bonchev–Trinajstić information content (AvgIpc) is 3.01. The Morgan fingerprint density at radius 2 is 2.00 bits per heavy atom. The summed E-state index contributed by atoms with van der Waals surface area (Å²) >= 11 is 0. The summed E-state index contributed by atoms with van der Waals surface area (Å²) in [5.74, 6) is 0.0699. The van der Waals surface area contributed by atoms with E-state index in [2.05, 4.69) is 17.4 Å². The van der Waals surface area contributed by atoms with Crippen LogP contribution in [0.25, 0.3) is 5.70 Å². The van der Waals surface area contributed by atoms with Crippen molar-refractivity contribution < 1.29 is 19.1 Å². The Balaban J connectivity index is 0.00000190. The molecule has 0 spiro atoms. The molecule has 0 unspecified atom stereocenters. The third-order valence-corrected chi connectivity index (χ3v) is 3.93. The largest absolute Gasteiger partial charge is 0.394 e. The molecule has 0 amide bonds. The number of aliphatic hydroxyl groups excluding tert-OH is 1. The summed E-state index contributed by atoms with van der Waals surface area (Å²) < 4.78 is 15.9. The quantitative estimate of drug-likeness (QED) is 0.337. The van der Waals surface area contributed by atoms with Gasteiger partial charge in [0.2, 0.25) is 0 Å². The van der Waals surface area contributed by atoms with Crippen LogP contribution in [0.2, 0.25) is 0 Å². The monoisotopic (exact) mass is 391 g/mol. The lowest BCUT2D eigenvalue weighted by molar-refractivity contribution is 0.0482. The molecular weight excluding hydrogens is 361 g/mol. The number of anilines is 2. The highest BCUT2D eigenvalue weighted by Gasteiger charge is 2.20. The van der Waals surface area contributed by atoms with Gasteiger partial charge in [0.05, 0.1) is 30.3 Å². The molecule has 0 radical (unpaired) electrons. The number of nitrogens with zero attached hydrogens (tertiary/aromatic N) is 1. The molecule has 0 aliphatic rings. The third kappa shape index (κ3) is 5.68. The van der Waals surface area contributed by atoms with Crippen molar-refractivity contribution in [2.24, 2.45) is 7.05 Å². The summed E-state index contributed by atoms with van der Waals surface area (Å²) in [6.07, 6.45) is 0.344. The molecule has 1 heterocycles. The Kier molecular flexibility index (Phi) is 9.41. The minimum Gasteiger partial charge on any atom is -0.394 e. The summed E-state index contributed by atoms with van der Waals surface area (Å²) in [6, 6.07) is 6.54. The van der Waals surface area contributed by atoms with Gasteiger partial charge in [0, 0.05) is 19.0 Å². The maximum atomic E-state index is 14.3. The number of aryl methyl sites for hydroxylation is 1. The number of aromatic nitrogens is 1. The van der Waals surface area contributed by atoms with Crippen LogP contribution in [0.15, 0.2) is 30.8 Å². The first-order valence-electron chi connectivity index (χ1n) is 9.33. The highest BCUT2D eigenvalue weighted by Crippen LogP contribution is 2.30. The average molecular weight is 391 g/mol. The van der Waals surface area contributed by atoms with Crippen LogP contribution >= 0.6 is 0 Å². The van der Waals surface area contributed by atoms with Gasteiger partial charge in [0.1, 0.15) is 11.6 Å². The number of Topliss-reactive ketones (excluding diaryl/α,β-unsaturated/α-hetero) is 1. The zero-order chi connectivity index (χ0) is 21.3. The molecule has 7 heteroatoms. The van der Waals surface area contributed by atoms with E-state index >= 15 is 0 Å². The fourth-order valence-electron chi connectivity index (χ4n) is 2.52. The van der Waals surface area contributed by atoms with Crippen LogP contribution in [0.4, 0.5) is 15.9 Å². The number of aliphatic hydroxyl groups is 1. The lowest BCUT2D eigenvalue weighted by atomic mass is 10.2. The number of hydroxylamine groups is 1. The van der Waals surface area contributed by atoms with E-state index in [1.807, 2.05) is 20.8 Å². The highest BCUT2D eigenvalue weighted by molar-refractivity contribution is 5.97. The number of carbonyl (C=O) groups is 1. The van der Waals surface area contributed by atoms with E-state index in [1.165, 1.54) is 6.07 Å². The molecule has 1 aromatic heterocycles. The SMILES string of the molecule is C=C(NOCCO)c1cc(C(=O)CC)n(C)c1Nc1ccc(C)cc1F.CC. The lowest BCUT2D eigenvalue weighted by Gasteiger charge is -2.14. The third-order valence-electron chi connectivity index (χ3n) is 3.93. The fourth-order valence-corrected chi connectivity index (χ4v) is 2.52. The summed E-state index contributed by atoms with van der Waals surface area (Å²) in [4.78, 5) is 17.3. The molecule has 0 atom stereocenters. The van der Waals surface area contributed by atoms with Gasteiger partial charge in [0.15, 0.2) is 5.78 Å². The van der Waals surface area contributed by atoms with E-state index in [-0.39, 0.29) is 24.7 Å². The van der Waals surface area contributed by atoms with E-state index < -0.39 is 5.82 Å². The Labute approximate surface area is 166 Å². The Bertz CT molecular complexity index is 815. The summed E-state index contributed by atoms with van der Waals surface area (Å²) in [5.41, 5.74) is 5.17. The summed E-state index contributed by atoms with van der Waals surface area (Å²) in [5, 5.41) is 11.8. The van der Waals surface area contributed by atoms with Crippen molar-refractivity contribution in [2.75, 3.05) is 18.5 Å². The predicted molar refractivity (Wildman–Crippen MR) is 111 cm³/mol. The van der Waals surface area contributed by atoms with Crippen molar-refractivity contribution in [3.8, 4) is 0 Å². The zero-order valence-corrected chi connectivity index (χ0v) is 17.2. The van der Waals surface area contributed by atoms with Crippen molar-refractivity contribution in [3.63, 3.8) is 0 Å². The second-order valence-electron chi connectivity index (χ2n) is 5.89. The van der Waals surface area contributed by atoms with Crippen molar-refractivity contribution in [3.05, 3.63) is 53.5 Å². The molecule has 28 heavy (non-hydrogen) atoms. The Morgan fingerprint density at radius 3 is 2.57 bits per heavy atom. The smallest absolute Gasteiger partial charge is 0.179 e. The molecule has 0 aliphatic heterocycles. The van der Waals surface area contributed by atoms with Gasteiger partial charge in [0.25, 0.3) is 0 Å². The van der Waals surface area contributed by atoms with Gasteiger partial charge in [-0.05, 0) is 30.7 Å². The maximum absolute atomic E-state index is 14.3. The number of hydrogen-bond donors (Lipinski definition) is 3. The van der Waals surface area contributed by atoms with Crippen LogP contribution in [0.1, 0.15) is 48.8 Å². The van der Waals surface area contributed by atoms with Crippen LogP contribution in [0.5, 0.6) is 0 Å². The van der Waals surface area contributed by atoms with Crippen LogP contribution in [-0.2, 0) is 11.9 Å². The van der Waals surface area contributed by atoms with Crippen LogP contribution in [-0.4, -0.2) is 28.7 Å². The number of nitrogens with one attached hydrogen (secondary N) is 2. The number of halogens is 1. The first kappa shape index (κ1) is 23.4. The molecular formula is C21H30FN3O3. The van der Waals surface area contributed by atoms with Crippen molar-refractivity contribution in [1.82, 2.24) is 10.0 Å². The minimum absolute atomic E-state index is 0.0461. The van der Waals surface area contributed by atoms with E-state index in [0.29, 0.717) is 29.2 Å². The zero-order valence-electron chi connectivity index (χ0n) is 17.2. The molecule has 154 valence electrons. The van der Waals surface area contributed by atoms with E-state index in [1.54, 1.807) is 36.7 Å². The summed E-state index contributed by atoms with van der Waals surface area (Å²) in [6.45, 7) is 11.4. The highest BCUT2D eigenvalue weighted by atomic mass is 19.1. The van der Waals surface area contributed by atoms with Gasteiger partial charge in [-0.15, -0.1) is 0 Å². The Hall–Kier alpha value is -2.64. The van der Waals surface area contributed by atoms with Gasteiger partial charge in [-0.2, -0.15) is 0 Å². The molecule has 0 aliphatic carbocycles. The molecule has 0 fully saturated rings. The fraction of sp³-hybridized carbons (Fsp3) is 0.381. The maximum Gasteiger partial charge on any atom is 0.179 e. The molecule has 2 aromatic rings. The van der Waals surface area contributed by atoms with Crippen molar-refractivity contribution >= 4 is 23.0 Å².